The van der Waals surface area contributed by atoms with Crippen LogP contribution in [0.25, 0.3) is 0 Å². The Kier molecular flexibility index (Phi) is 5.23. The van der Waals surface area contributed by atoms with Crippen LogP contribution >= 0.6 is 0 Å². The fraction of sp³-hybridized carbons (Fsp3) is 1.00. The fourth-order valence-electron chi connectivity index (χ4n) is 3.51. The molecule has 2 fully saturated rings. The molecule has 2 rings (SSSR count). The highest BCUT2D eigenvalue weighted by atomic mass is 16.5. The Balaban J connectivity index is 1.94. The van der Waals surface area contributed by atoms with Gasteiger partial charge in [0.15, 0.2) is 0 Å². The van der Waals surface area contributed by atoms with Crippen LogP contribution in [0, 0.1) is 5.92 Å². The van der Waals surface area contributed by atoms with E-state index in [0.29, 0.717) is 12.0 Å². The summed E-state index contributed by atoms with van der Waals surface area (Å²) in [5.41, 5.74) is 6.25. The predicted octanol–water partition coefficient (Wildman–Crippen LogP) is 1.16. The van der Waals surface area contributed by atoms with Gasteiger partial charge in [-0.1, -0.05) is 6.92 Å². The van der Waals surface area contributed by atoms with Gasteiger partial charge < -0.3 is 10.5 Å². The third kappa shape index (κ3) is 3.13. The highest BCUT2D eigenvalue weighted by Crippen LogP contribution is 2.31. The van der Waals surface area contributed by atoms with Crippen LogP contribution in [0.1, 0.15) is 33.6 Å². The molecule has 4 nitrogen and oxygen atoms in total. The molecule has 0 aromatic heterocycles. The minimum Gasteiger partial charge on any atom is -0.381 e. The normalized spacial score (nSPS) is 31.3. The molecule has 0 radical (unpaired) electrons. The molecule has 0 saturated carbocycles. The third-order valence-electron chi connectivity index (χ3n) is 5.47. The fourth-order valence-corrected chi connectivity index (χ4v) is 3.51. The van der Waals surface area contributed by atoms with Crippen molar-refractivity contribution >= 4 is 0 Å². The SMILES string of the molecule is CCC(C)N1CCN(C(C)(CN)C2CCOC2)CC1. The van der Waals surface area contributed by atoms with E-state index in [1.807, 2.05) is 0 Å². The molecule has 0 aromatic rings. The van der Waals surface area contributed by atoms with Crippen molar-refractivity contribution in [1.29, 1.82) is 0 Å². The second-order valence-electron chi connectivity index (χ2n) is 6.40. The first kappa shape index (κ1) is 15.2. The maximum absolute atomic E-state index is 6.13. The molecule has 4 heteroatoms. The lowest BCUT2D eigenvalue weighted by Gasteiger charge is -2.49. The number of piperazine rings is 1. The van der Waals surface area contributed by atoms with Gasteiger partial charge in [-0.2, -0.15) is 0 Å². The molecule has 3 unspecified atom stereocenters. The minimum atomic E-state index is 0.123. The van der Waals surface area contributed by atoms with Gasteiger partial charge in [-0.05, 0) is 26.7 Å². The number of hydrogen-bond acceptors (Lipinski definition) is 4. The lowest BCUT2D eigenvalue weighted by atomic mass is 9.82. The van der Waals surface area contributed by atoms with Crippen LogP contribution in [-0.4, -0.2) is 67.3 Å². The molecule has 112 valence electrons. The minimum absolute atomic E-state index is 0.123. The van der Waals surface area contributed by atoms with Gasteiger partial charge in [-0.15, -0.1) is 0 Å². The largest absolute Gasteiger partial charge is 0.381 e. The highest BCUT2D eigenvalue weighted by molar-refractivity contribution is 4.97. The van der Waals surface area contributed by atoms with E-state index >= 15 is 0 Å². The summed E-state index contributed by atoms with van der Waals surface area (Å²) < 4.78 is 5.58. The zero-order valence-corrected chi connectivity index (χ0v) is 12.9. The van der Waals surface area contributed by atoms with Crippen LogP contribution in [0.3, 0.4) is 0 Å². The predicted molar refractivity (Wildman–Crippen MR) is 79.3 cm³/mol. The molecule has 2 aliphatic heterocycles. The van der Waals surface area contributed by atoms with E-state index in [9.17, 15) is 0 Å². The molecular formula is C15H31N3O. The summed E-state index contributed by atoms with van der Waals surface area (Å²) in [5, 5.41) is 0. The molecule has 3 atom stereocenters. The molecule has 0 amide bonds. The molecule has 2 saturated heterocycles. The van der Waals surface area contributed by atoms with E-state index in [2.05, 4.69) is 30.6 Å². The van der Waals surface area contributed by atoms with Crippen molar-refractivity contribution in [3.8, 4) is 0 Å². The number of ether oxygens (including phenoxy) is 1. The molecule has 0 aromatic carbocycles. The van der Waals surface area contributed by atoms with Crippen LogP contribution in [0.4, 0.5) is 0 Å². The molecule has 2 N–H and O–H groups in total. The Morgan fingerprint density at radius 3 is 2.47 bits per heavy atom. The lowest BCUT2D eigenvalue weighted by Crippen LogP contribution is -2.62. The monoisotopic (exact) mass is 269 g/mol. The van der Waals surface area contributed by atoms with Crippen LogP contribution in [0.2, 0.25) is 0 Å². The van der Waals surface area contributed by atoms with Gasteiger partial charge in [0, 0.05) is 56.8 Å². The molecule has 0 aliphatic carbocycles. The number of hydrogen-bond donors (Lipinski definition) is 1. The maximum atomic E-state index is 6.13. The highest BCUT2D eigenvalue weighted by Gasteiger charge is 2.41. The maximum Gasteiger partial charge on any atom is 0.0513 e. The second-order valence-corrected chi connectivity index (χ2v) is 6.40. The molecule has 0 bridgehead atoms. The van der Waals surface area contributed by atoms with Gasteiger partial charge in [0.2, 0.25) is 0 Å². The zero-order valence-electron chi connectivity index (χ0n) is 12.9. The van der Waals surface area contributed by atoms with E-state index < -0.39 is 0 Å². The van der Waals surface area contributed by atoms with Crippen molar-refractivity contribution in [3.05, 3.63) is 0 Å². The van der Waals surface area contributed by atoms with Gasteiger partial charge in [0.1, 0.15) is 0 Å². The Morgan fingerprint density at radius 1 is 1.32 bits per heavy atom. The average Bonchev–Trinajstić information content (AvgIpc) is 3.00. The first-order valence-corrected chi connectivity index (χ1v) is 7.88. The Labute approximate surface area is 118 Å². The first-order chi connectivity index (χ1) is 9.11. The van der Waals surface area contributed by atoms with Crippen molar-refractivity contribution in [2.45, 2.75) is 45.2 Å². The van der Waals surface area contributed by atoms with E-state index in [0.717, 1.165) is 32.8 Å². The summed E-state index contributed by atoms with van der Waals surface area (Å²) in [6, 6.07) is 0.709. The number of nitrogens with zero attached hydrogens (tertiary/aromatic N) is 2. The summed E-state index contributed by atoms with van der Waals surface area (Å²) >= 11 is 0. The number of rotatable bonds is 5. The van der Waals surface area contributed by atoms with Crippen molar-refractivity contribution < 1.29 is 4.74 Å². The first-order valence-electron chi connectivity index (χ1n) is 7.88. The lowest BCUT2D eigenvalue weighted by molar-refractivity contribution is -0.00268. The summed E-state index contributed by atoms with van der Waals surface area (Å²) in [7, 11) is 0. The number of nitrogens with two attached hydrogens (primary N) is 1. The second kappa shape index (κ2) is 6.53. The van der Waals surface area contributed by atoms with Crippen LogP contribution < -0.4 is 5.73 Å². The topological polar surface area (TPSA) is 41.7 Å². The quantitative estimate of drug-likeness (QED) is 0.813. The van der Waals surface area contributed by atoms with Crippen LogP contribution in [0.15, 0.2) is 0 Å². The van der Waals surface area contributed by atoms with Gasteiger partial charge in [0.05, 0.1) is 6.61 Å². The van der Waals surface area contributed by atoms with Crippen LogP contribution in [0.5, 0.6) is 0 Å². The zero-order chi connectivity index (χ0) is 13.9. The van der Waals surface area contributed by atoms with E-state index in [1.165, 1.54) is 25.9 Å². The molecule has 19 heavy (non-hydrogen) atoms. The van der Waals surface area contributed by atoms with Gasteiger partial charge in [-0.25, -0.2) is 0 Å². The summed E-state index contributed by atoms with van der Waals surface area (Å²) in [5.74, 6) is 0.604. The Hall–Kier alpha value is -0.160. The third-order valence-corrected chi connectivity index (χ3v) is 5.47. The van der Waals surface area contributed by atoms with Gasteiger partial charge in [-0.3, -0.25) is 9.80 Å². The Bertz CT molecular complexity index is 273. The Morgan fingerprint density at radius 2 is 2.00 bits per heavy atom. The van der Waals surface area contributed by atoms with E-state index in [4.69, 9.17) is 10.5 Å². The summed E-state index contributed by atoms with van der Waals surface area (Å²) in [6.07, 6.45) is 2.41. The van der Waals surface area contributed by atoms with E-state index in [-0.39, 0.29) is 5.54 Å². The van der Waals surface area contributed by atoms with E-state index in [1.54, 1.807) is 0 Å². The van der Waals surface area contributed by atoms with Crippen molar-refractivity contribution in [1.82, 2.24) is 9.80 Å². The van der Waals surface area contributed by atoms with Crippen molar-refractivity contribution in [2.24, 2.45) is 11.7 Å². The van der Waals surface area contributed by atoms with Gasteiger partial charge in [0.25, 0.3) is 0 Å². The average molecular weight is 269 g/mol. The standard InChI is InChI=1S/C15H31N3O/c1-4-13(2)17-6-8-18(9-7-17)15(3,12-16)14-5-10-19-11-14/h13-14H,4-12,16H2,1-3H3. The van der Waals surface area contributed by atoms with Crippen molar-refractivity contribution in [3.63, 3.8) is 0 Å². The van der Waals surface area contributed by atoms with Crippen LogP contribution in [-0.2, 0) is 4.74 Å². The summed E-state index contributed by atoms with van der Waals surface area (Å²) in [6.45, 7) is 14.1. The smallest absolute Gasteiger partial charge is 0.0513 e. The molecule has 0 spiro atoms. The molecular weight excluding hydrogens is 238 g/mol. The van der Waals surface area contributed by atoms with Gasteiger partial charge >= 0.3 is 0 Å². The van der Waals surface area contributed by atoms with Crippen molar-refractivity contribution in [2.75, 3.05) is 45.9 Å². The molecule has 2 aliphatic rings. The summed E-state index contributed by atoms with van der Waals surface area (Å²) in [4.78, 5) is 5.23. The molecule has 2 heterocycles.